The van der Waals surface area contributed by atoms with E-state index in [9.17, 15) is 28.8 Å². The zero-order chi connectivity index (χ0) is 45.1. The number of aromatic nitrogens is 1. The van der Waals surface area contributed by atoms with Gasteiger partial charge in [-0.15, -0.1) is 0 Å². The van der Waals surface area contributed by atoms with Crippen LogP contribution in [-0.2, 0) is 47.7 Å². The molecule has 5 aliphatic rings. The lowest BCUT2D eigenvalue weighted by atomic mass is 9.85. The van der Waals surface area contributed by atoms with Gasteiger partial charge in [-0.25, -0.2) is 29.2 Å². The van der Waals surface area contributed by atoms with Crippen molar-refractivity contribution in [1.29, 1.82) is 0 Å². The van der Waals surface area contributed by atoms with E-state index in [1.165, 1.54) is 0 Å². The number of allylic oxidation sites excluding steroid dienone is 5. The number of hydrogen-bond donors (Lipinski definition) is 4. The van der Waals surface area contributed by atoms with E-state index in [-0.39, 0.29) is 83.4 Å². The number of aliphatic imine (C=N–C) groups is 2. The Morgan fingerprint density at radius 3 is 1.74 bits per heavy atom. The lowest BCUT2D eigenvalue weighted by molar-refractivity contribution is -0.139. The Balaban J connectivity index is 0.000000653. The van der Waals surface area contributed by atoms with Gasteiger partial charge in [-0.3, -0.25) is 9.59 Å². The Labute approximate surface area is 358 Å². The molecule has 16 heteroatoms. The van der Waals surface area contributed by atoms with Crippen molar-refractivity contribution in [3.8, 4) is 0 Å². The number of amides is 2. The Morgan fingerprint density at radius 2 is 1.16 bits per heavy atom. The summed E-state index contributed by atoms with van der Waals surface area (Å²) in [5.74, 6) is -3.51. The summed E-state index contributed by atoms with van der Waals surface area (Å²) in [6, 6.07) is 9.81. The molecule has 2 aromatic rings. The monoisotopic (exact) mass is 846 g/mol. The first-order valence-corrected chi connectivity index (χ1v) is 20.3. The van der Waals surface area contributed by atoms with Gasteiger partial charge in [0.25, 0.3) is 0 Å². The van der Waals surface area contributed by atoms with E-state index in [1.807, 2.05) is 48.6 Å². The number of hydrogen-bond acceptors (Lipinski definition) is 13. The summed E-state index contributed by atoms with van der Waals surface area (Å²) in [5, 5.41) is 4.10. The number of ether oxygens (including phenoxy) is 4. The number of carbonyl (C=O) groups excluding carboxylic acids is 6. The molecule has 0 spiro atoms. The van der Waals surface area contributed by atoms with Crippen molar-refractivity contribution < 1.29 is 47.7 Å². The molecule has 1 aliphatic carbocycles. The summed E-state index contributed by atoms with van der Waals surface area (Å²) >= 11 is 0. The number of H-pyrrole nitrogens is 1. The van der Waals surface area contributed by atoms with Gasteiger partial charge in [-0.2, -0.15) is 0 Å². The van der Waals surface area contributed by atoms with E-state index < -0.39 is 35.8 Å². The highest BCUT2D eigenvalue weighted by Gasteiger charge is 2.44. The van der Waals surface area contributed by atoms with Crippen LogP contribution in [0, 0.1) is 5.92 Å². The zero-order valence-electron chi connectivity index (χ0n) is 35.5. The SMILES string of the molecule is CCC(N)=O.CCC(N)=O.CCOC(=O)C1=C2N=C(C(C(=O)OCC)=c3ccc([nH]3)=C(C(=O)OCC)C3=NC(=C(C(=O)OCC)C4NC1=C1C=CC=C[C@@H]14)C=C3)c1ccccc12. The van der Waals surface area contributed by atoms with Crippen molar-refractivity contribution >= 4 is 64.0 Å². The van der Waals surface area contributed by atoms with Gasteiger partial charge in [-0.1, -0.05) is 62.4 Å². The van der Waals surface area contributed by atoms with Crippen LogP contribution in [0.5, 0.6) is 0 Å². The van der Waals surface area contributed by atoms with Gasteiger partial charge >= 0.3 is 23.9 Å². The number of nitrogens with zero attached hydrogens (tertiary/aromatic N) is 2. The summed E-state index contributed by atoms with van der Waals surface area (Å²) < 4.78 is 22.3. The van der Waals surface area contributed by atoms with E-state index in [1.54, 1.807) is 65.8 Å². The van der Waals surface area contributed by atoms with Crippen molar-refractivity contribution in [2.75, 3.05) is 26.4 Å². The molecule has 8 bridgehead atoms. The lowest BCUT2D eigenvalue weighted by Crippen LogP contribution is -2.36. The molecule has 0 saturated carbocycles. The largest absolute Gasteiger partial charge is 0.463 e. The van der Waals surface area contributed by atoms with Gasteiger partial charge in [0.2, 0.25) is 11.8 Å². The first-order chi connectivity index (χ1) is 29.8. The van der Waals surface area contributed by atoms with Gasteiger partial charge in [0, 0.05) is 29.9 Å². The summed E-state index contributed by atoms with van der Waals surface area (Å²) in [6.45, 7) is 10.7. The second-order valence-corrected chi connectivity index (χ2v) is 13.6. The molecule has 1 aromatic heterocycles. The first kappa shape index (κ1) is 45.7. The molecule has 2 atom stereocenters. The van der Waals surface area contributed by atoms with Crippen LogP contribution in [-0.4, -0.2) is 84.6 Å². The van der Waals surface area contributed by atoms with E-state index in [0.717, 1.165) is 0 Å². The molecule has 1 aromatic carbocycles. The molecule has 324 valence electrons. The number of primary amides is 2. The van der Waals surface area contributed by atoms with Crippen LogP contribution in [0.4, 0.5) is 0 Å². The maximum absolute atomic E-state index is 14.2. The van der Waals surface area contributed by atoms with Crippen molar-refractivity contribution in [3.05, 3.63) is 123 Å². The summed E-state index contributed by atoms with van der Waals surface area (Å²) in [7, 11) is 0. The minimum atomic E-state index is -0.754. The fraction of sp³-hybridized carbons (Fsp3) is 0.304. The number of carbonyl (C=O) groups is 6. The number of aromatic amines is 1. The van der Waals surface area contributed by atoms with Crippen LogP contribution in [0.2, 0.25) is 0 Å². The molecule has 2 amide bonds. The molecule has 16 nitrogen and oxygen atoms in total. The predicted octanol–water partition coefficient (Wildman–Crippen LogP) is 2.79. The van der Waals surface area contributed by atoms with Crippen LogP contribution in [0.25, 0.3) is 16.8 Å². The average molecular weight is 847 g/mol. The fourth-order valence-electron chi connectivity index (χ4n) is 6.96. The second kappa shape index (κ2) is 20.7. The third-order valence-electron chi connectivity index (χ3n) is 9.74. The van der Waals surface area contributed by atoms with E-state index in [2.05, 4.69) is 21.8 Å². The van der Waals surface area contributed by atoms with Gasteiger partial charge in [0.15, 0.2) is 0 Å². The summed E-state index contributed by atoms with van der Waals surface area (Å²) in [4.78, 5) is 87.8. The molecule has 4 aliphatic heterocycles. The maximum atomic E-state index is 14.2. The molecule has 6 N–H and O–H groups in total. The molecule has 0 saturated heterocycles. The van der Waals surface area contributed by atoms with Gasteiger partial charge < -0.3 is 40.7 Å². The zero-order valence-corrected chi connectivity index (χ0v) is 35.5. The predicted molar refractivity (Wildman–Crippen MR) is 232 cm³/mol. The van der Waals surface area contributed by atoms with Crippen LogP contribution in [0.1, 0.15) is 65.5 Å². The number of rotatable bonds is 10. The van der Waals surface area contributed by atoms with E-state index in [0.29, 0.717) is 45.9 Å². The normalized spacial score (nSPS) is 17.6. The number of nitrogens with two attached hydrogens (primary N) is 2. The van der Waals surface area contributed by atoms with Crippen molar-refractivity contribution in [2.45, 2.75) is 60.4 Å². The molecular formula is C46H50N6O10. The molecule has 62 heavy (non-hydrogen) atoms. The van der Waals surface area contributed by atoms with Crippen LogP contribution >= 0.6 is 0 Å². The van der Waals surface area contributed by atoms with Crippen LogP contribution in [0.15, 0.2) is 111 Å². The Bertz CT molecular complexity index is 2550. The topological polar surface area (TPSA) is 244 Å². The molecule has 0 fully saturated rings. The molecule has 7 rings (SSSR count). The Hall–Kier alpha value is -7.36. The highest BCUT2D eigenvalue weighted by molar-refractivity contribution is 6.48. The third-order valence-corrected chi connectivity index (χ3v) is 9.74. The number of benzene rings is 1. The van der Waals surface area contributed by atoms with Gasteiger partial charge in [0.05, 0.1) is 77.3 Å². The first-order valence-electron chi connectivity index (χ1n) is 20.3. The van der Waals surface area contributed by atoms with E-state index >= 15 is 0 Å². The minimum Gasteiger partial charge on any atom is -0.463 e. The number of fused-ring (bicyclic) bond motifs is 11. The van der Waals surface area contributed by atoms with E-state index in [4.69, 9.17) is 28.9 Å². The lowest BCUT2D eigenvalue weighted by Gasteiger charge is -2.23. The third kappa shape index (κ3) is 9.65. The highest BCUT2D eigenvalue weighted by atomic mass is 16.5. The Morgan fingerprint density at radius 1 is 0.629 bits per heavy atom. The average Bonchev–Trinajstić information content (AvgIpc) is 4.07. The van der Waals surface area contributed by atoms with Crippen molar-refractivity contribution in [1.82, 2.24) is 10.3 Å². The quantitative estimate of drug-likeness (QED) is 0.200. The van der Waals surface area contributed by atoms with Crippen LogP contribution in [0.3, 0.4) is 0 Å². The Kier molecular flexibility index (Phi) is 15.3. The fourth-order valence-corrected chi connectivity index (χ4v) is 6.96. The second-order valence-electron chi connectivity index (χ2n) is 13.6. The molecule has 5 heterocycles. The van der Waals surface area contributed by atoms with Crippen molar-refractivity contribution in [2.24, 2.45) is 27.4 Å². The molecule has 1 unspecified atom stereocenters. The minimum absolute atomic E-state index is 0.0874. The standard InChI is InChI=1S/C40H36N4O8.2C3H7NO/c1-5-49-37(45)29-25-17-19-27(41-25)30(38(46)50-6-2)33-21-13-9-11-15-23(21)35(43-33)32(40(48)52-8-4)36-24-16-12-10-14-22(24)34(44-36)31(39(47)51-7-3)28-20-18-26(29)42-28;2*1-2-3(4)5/h9-21,33,42-43H,5-8H2,1-4H3;2*2H2,1H3,(H2,4,5)/t21-,33?;;/m0../s1. The smallest absolute Gasteiger partial charge is 0.342 e. The summed E-state index contributed by atoms with van der Waals surface area (Å²) in [6.07, 6.45) is 11.7. The summed E-state index contributed by atoms with van der Waals surface area (Å²) in [5.41, 5.74) is 13.1. The molecule has 0 radical (unpaired) electrons. The number of esters is 4. The number of nitrogens with one attached hydrogen (secondary N) is 2. The van der Waals surface area contributed by atoms with Crippen LogP contribution < -0.4 is 27.5 Å². The van der Waals surface area contributed by atoms with Gasteiger partial charge in [0.1, 0.15) is 16.7 Å². The molecular weight excluding hydrogens is 797 g/mol. The highest BCUT2D eigenvalue weighted by Crippen LogP contribution is 2.43. The van der Waals surface area contributed by atoms with Crippen molar-refractivity contribution in [3.63, 3.8) is 0 Å². The maximum Gasteiger partial charge on any atom is 0.342 e. The van der Waals surface area contributed by atoms with Gasteiger partial charge in [-0.05, 0) is 57.6 Å².